The van der Waals surface area contributed by atoms with Gasteiger partial charge in [0, 0.05) is 12.3 Å². The zero-order valence-corrected chi connectivity index (χ0v) is 23.5. The van der Waals surface area contributed by atoms with E-state index in [9.17, 15) is 19.5 Å². The molecule has 1 aromatic carbocycles. The normalized spacial score (nSPS) is 21.1. The topological polar surface area (TPSA) is 131 Å². The fourth-order valence-electron chi connectivity index (χ4n) is 4.70. The van der Waals surface area contributed by atoms with Gasteiger partial charge in [-0.15, -0.1) is 34.0 Å². The van der Waals surface area contributed by atoms with Gasteiger partial charge in [-0.1, -0.05) is 18.2 Å². The molecular formula is C24H37Br2N3O6. The first-order chi connectivity index (χ1) is 15.9. The summed E-state index contributed by atoms with van der Waals surface area (Å²) in [6, 6.07) is 7.13. The number of piperidine rings is 1. The van der Waals surface area contributed by atoms with E-state index in [1.165, 1.54) is 4.90 Å². The highest BCUT2D eigenvalue weighted by Crippen LogP contribution is 2.34. The fraction of sp³-hybridized carbons (Fsp3) is 0.625. The average Bonchev–Trinajstić information content (AvgIpc) is 2.90. The molecular weight excluding hydrogens is 586 g/mol. The number of nitrogens with zero attached hydrogens (tertiary/aromatic N) is 1. The Kier molecular flexibility index (Phi) is 13.4. The summed E-state index contributed by atoms with van der Waals surface area (Å²) in [7, 11) is 0. The summed E-state index contributed by atoms with van der Waals surface area (Å²) in [6.07, 6.45) is 3.66. The number of carbonyl (C=O) groups excluding carboxylic acids is 2. The van der Waals surface area contributed by atoms with E-state index in [1.807, 2.05) is 12.1 Å². The molecule has 198 valence electrons. The van der Waals surface area contributed by atoms with Gasteiger partial charge >= 0.3 is 11.9 Å². The zero-order chi connectivity index (χ0) is 23.8. The summed E-state index contributed by atoms with van der Waals surface area (Å²) >= 11 is 0. The van der Waals surface area contributed by atoms with Crippen LogP contribution in [0.25, 0.3) is 0 Å². The number of nitrogens with one attached hydrogen (secondary N) is 1. The SMILES string of the molecule is Br.Br.CCOC(=O)[C@H](COCCC1CCNCC1)[C@]1(N)CCc2ccccc2N(CC(=O)O)C1=O. The number of fused-ring (bicyclic) bond motifs is 1. The maximum absolute atomic E-state index is 13.7. The van der Waals surface area contributed by atoms with Crippen molar-refractivity contribution in [1.82, 2.24) is 5.32 Å². The van der Waals surface area contributed by atoms with Crippen LogP contribution in [0, 0.1) is 11.8 Å². The summed E-state index contributed by atoms with van der Waals surface area (Å²) in [6.45, 7) is 3.70. The Hall–Kier alpha value is -1.53. The van der Waals surface area contributed by atoms with Gasteiger partial charge in [0.15, 0.2) is 0 Å². The Labute approximate surface area is 227 Å². The van der Waals surface area contributed by atoms with Crippen LogP contribution in [0.1, 0.15) is 38.2 Å². The van der Waals surface area contributed by atoms with Gasteiger partial charge in [0.1, 0.15) is 18.0 Å². The van der Waals surface area contributed by atoms with E-state index in [1.54, 1.807) is 19.1 Å². The largest absolute Gasteiger partial charge is 0.480 e. The van der Waals surface area contributed by atoms with Crippen LogP contribution in [0.5, 0.6) is 0 Å². The molecule has 0 saturated carbocycles. The molecule has 1 amide bonds. The molecule has 2 heterocycles. The molecule has 2 atom stereocenters. The van der Waals surface area contributed by atoms with Crippen molar-refractivity contribution >= 4 is 57.5 Å². The van der Waals surface area contributed by atoms with Gasteiger partial charge in [-0.2, -0.15) is 0 Å². The maximum atomic E-state index is 13.7. The summed E-state index contributed by atoms with van der Waals surface area (Å²) in [5, 5.41) is 12.8. The average molecular weight is 623 g/mol. The summed E-state index contributed by atoms with van der Waals surface area (Å²) in [5.74, 6) is -2.83. The van der Waals surface area contributed by atoms with Crippen molar-refractivity contribution in [2.75, 3.05) is 44.4 Å². The van der Waals surface area contributed by atoms with Crippen molar-refractivity contribution in [2.45, 2.75) is 44.6 Å². The number of hydrogen-bond acceptors (Lipinski definition) is 7. The maximum Gasteiger partial charge on any atom is 0.323 e. The van der Waals surface area contributed by atoms with Crippen LogP contribution in [0.2, 0.25) is 0 Å². The molecule has 1 saturated heterocycles. The standard InChI is InChI=1S/C24H35N3O6.2BrH/c1-2-33-22(30)19(16-32-14-10-17-8-12-26-13-9-17)24(25)11-7-18-5-3-4-6-20(18)27(23(24)31)15-21(28)29;;/h3-6,17,19,26H,2,7-16,25H2,1H3,(H,28,29);2*1H/t19-,24+;;/m0../s1. The van der Waals surface area contributed by atoms with Crippen LogP contribution in [-0.2, 0) is 30.3 Å². The van der Waals surface area contributed by atoms with Crippen LogP contribution in [0.3, 0.4) is 0 Å². The minimum absolute atomic E-state index is 0. The Morgan fingerprint density at radius 2 is 1.94 bits per heavy atom. The summed E-state index contributed by atoms with van der Waals surface area (Å²) in [4.78, 5) is 39.3. The molecule has 0 spiro atoms. The summed E-state index contributed by atoms with van der Waals surface area (Å²) in [5.41, 5.74) is 6.35. The molecule has 0 unspecified atom stereocenters. The quantitative estimate of drug-likeness (QED) is 0.268. The first-order valence-corrected chi connectivity index (χ1v) is 11.7. The van der Waals surface area contributed by atoms with E-state index in [4.69, 9.17) is 15.2 Å². The van der Waals surface area contributed by atoms with Gasteiger partial charge in [0.05, 0.1) is 13.2 Å². The molecule has 0 aliphatic carbocycles. The minimum Gasteiger partial charge on any atom is -0.480 e. The molecule has 2 aliphatic rings. The van der Waals surface area contributed by atoms with Crippen LogP contribution in [0.4, 0.5) is 5.69 Å². The highest BCUT2D eigenvalue weighted by Gasteiger charge is 2.50. The molecule has 1 fully saturated rings. The lowest BCUT2D eigenvalue weighted by molar-refractivity contribution is -0.156. The lowest BCUT2D eigenvalue weighted by atomic mass is 9.80. The second-order valence-electron chi connectivity index (χ2n) is 8.82. The molecule has 2 aliphatic heterocycles. The number of ether oxygens (including phenoxy) is 2. The number of aliphatic carboxylic acids is 1. The number of rotatable bonds is 10. The highest BCUT2D eigenvalue weighted by atomic mass is 79.9. The Morgan fingerprint density at radius 3 is 2.60 bits per heavy atom. The molecule has 4 N–H and O–H groups in total. The number of nitrogens with two attached hydrogens (primary N) is 1. The molecule has 35 heavy (non-hydrogen) atoms. The predicted octanol–water partition coefficient (Wildman–Crippen LogP) is 2.49. The Balaban J connectivity index is 0.00000306. The van der Waals surface area contributed by atoms with E-state index in [2.05, 4.69) is 5.32 Å². The predicted molar refractivity (Wildman–Crippen MR) is 143 cm³/mol. The number of carboxylic acids is 1. The zero-order valence-electron chi connectivity index (χ0n) is 20.1. The first kappa shape index (κ1) is 31.5. The van der Waals surface area contributed by atoms with Crippen molar-refractivity contribution in [1.29, 1.82) is 0 Å². The molecule has 3 rings (SSSR count). The Bertz CT molecular complexity index is 852. The number of carboxylic acid groups (broad SMARTS) is 1. The first-order valence-electron chi connectivity index (χ1n) is 11.7. The van der Waals surface area contributed by atoms with Gasteiger partial charge in [-0.3, -0.25) is 19.3 Å². The van der Waals surface area contributed by atoms with E-state index in [0.29, 0.717) is 24.6 Å². The van der Waals surface area contributed by atoms with E-state index < -0.39 is 35.8 Å². The molecule has 0 radical (unpaired) electrons. The fourth-order valence-corrected chi connectivity index (χ4v) is 4.70. The number of amides is 1. The molecule has 0 aromatic heterocycles. The van der Waals surface area contributed by atoms with Gasteiger partial charge in [0.25, 0.3) is 0 Å². The summed E-state index contributed by atoms with van der Waals surface area (Å²) < 4.78 is 11.1. The second-order valence-corrected chi connectivity index (χ2v) is 8.82. The van der Waals surface area contributed by atoms with Crippen LogP contribution >= 0.6 is 34.0 Å². The number of aryl methyl sites for hydroxylation is 1. The third-order valence-electron chi connectivity index (χ3n) is 6.63. The third-order valence-corrected chi connectivity index (χ3v) is 6.63. The van der Waals surface area contributed by atoms with Crippen LogP contribution in [-0.4, -0.2) is 67.9 Å². The highest BCUT2D eigenvalue weighted by molar-refractivity contribution is 8.93. The number of halogens is 2. The van der Waals surface area contributed by atoms with Crippen molar-refractivity contribution in [3.8, 4) is 0 Å². The number of para-hydroxylation sites is 1. The van der Waals surface area contributed by atoms with E-state index >= 15 is 0 Å². The number of hydrogen-bond donors (Lipinski definition) is 3. The molecule has 9 nitrogen and oxygen atoms in total. The van der Waals surface area contributed by atoms with Crippen molar-refractivity contribution in [3.05, 3.63) is 29.8 Å². The van der Waals surface area contributed by atoms with Crippen molar-refractivity contribution in [3.63, 3.8) is 0 Å². The van der Waals surface area contributed by atoms with Crippen LogP contribution in [0.15, 0.2) is 24.3 Å². The van der Waals surface area contributed by atoms with Gasteiger partial charge in [-0.25, -0.2) is 0 Å². The monoisotopic (exact) mass is 621 g/mol. The number of carbonyl (C=O) groups is 3. The number of anilines is 1. The van der Waals surface area contributed by atoms with Crippen molar-refractivity contribution < 1.29 is 29.0 Å². The lowest BCUT2D eigenvalue weighted by Crippen LogP contribution is -2.63. The third kappa shape index (κ3) is 7.98. The second kappa shape index (κ2) is 14.9. The van der Waals surface area contributed by atoms with Gasteiger partial charge in [0.2, 0.25) is 5.91 Å². The van der Waals surface area contributed by atoms with Crippen LogP contribution < -0.4 is 16.0 Å². The number of benzene rings is 1. The van der Waals surface area contributed by atoms with Gasteiger partial charge in [-0.05, 0) is 69.7 Å². The van der Waals surface area contributed by atoms with E-state index in [-0.39, 0.29) is 53.6 Å². The van der Waals surface area contributed by atoms with Gasteiger partial charge < -0.3 is 25.6 Å². The molecule has 1 aromatic rings. The molecule has 11 heteroatoms. The Morgan fingerprint density at radius 1 is 1.26 bits per heavy atom. The minimum atomic E-state index is -1.64. The van der Waals surface area contributed by atoms with E-state index in [0.717, 1.165) is 37.9 Å². The number of esters is 1. The van der Waals surface area contributed by atoms with Crippen molar-refractivity contribution in [2.24, 2.45) is 17.6 Å². The smallest absolute Gasteiger partial charge is 0.323 e. The lowest BCUT2D eigenvalue weighted by Gasteiger charge is -2.36. The molecule has 0 bridgehead atoms.